The highest BCUT2D eigenvalue weighted by Gasteiger charge is 2.16. The molecule has 0 saturated heterocycles. The molecule has 2 rings (SSSR count). The Hall–Kier alpha value is -1.69. The summed E-state index contributed by atoms with van der Waals surface area (Å²) in [6, 6.07) is 8.06. The standard InChI is InChI=1S/C14H10Cl3NO4/c1-8(14(19)22-17)20-9-2-4-10(5-3-9)21-13-12(16)11(15)6-7-18-13/h2-8H,1H3. The molecule has 0 spiro atoms. The van der Waals surface area contributed by atoms with E-state index >= 15 is 0 Å². The number of rotatable bonds is 5. The minimum Gasteiger partial charge on any atom is -0.479 e. The molecule has 1 aromatic carbocycles. The van der Waals surface area contributed by atoms with Gasteiger partial charge in [-0.15, -0.1) is 0 Å². The number of hydrogen-bond donors (Lipinski definition) is 0. The van der Waals surface area contributed by atoms with Crippen LogP contribution in [0.5, 0.6) is 17.4 Å². The molecule has 0 aliphatic rings. The van der Waals surface area contributed by atoms with Gasteiger partial charge in [0.05, 0.1) is 5.02 Å². The van der Waals surface area contributed by atoms with Crippen molar-refractivity contribution in [2.45, 2.75) is 13.0 Å². The van der Waals surface area contributed by atoms with Crippen LogP contribution in [0.3, 0.4) is 0 Å². The SMILES string of the molecule is CC(Oc1ccc(Oc2nccc(Cl)c2Cl)cc1)C(=O)OCl. The molecule has 0 amide bonds. The molecule has 2 aromatic rings. The molecule has 0 N–H and O–H groups in total. The van der Waals surface area contributed by atoms with Crippen molar-refractivity contribution in [1.82, 2.24) is 4.98 Å². The van der Waals surface area contributed by atoms with Crippen molar-refractivity contribution < 1.29 is 18.6 Å². The number of hydrogen-bond acceptors (Lipinski definition) is 5. The second-order valence-electron chi connectivity index (χ2n) is 4.14. The summed E-state index contributed by atoms with van der Waals surface area (Å²) in [6.07, 6.45) is 0.661. The summed E-state index contributed by atoms with van der Waals surface area (Å²) < 4.78 is 14.9. The van der Waals surface area contributed by atoms with Gasteiger partial charge in [-0.25, -0.2) is 9.78 Å². The number of pyridine rings is 1. The molecular weight excluding hydrogens is 353 g/mol. The predicted molar refractivity (Wildman–Crippen MR) is 82.8 cm³/mol. The molecule has 1 unspecified atom stereocenters. The Bertz CT molecular complexity index is 664. The molecule has 0 radical (unpaired) electrons. The predicted octanol–water partition coefficient (Wildman–Crippen LogP) is 4.65. The molecule has 0 aliphatic carbocycles. The van der Waals surface area contributed by atoms with Crippen LogP contribution in [0.25, 0.3) is 0 Å². The first-order valence-electron chi connectivity index (χ1n) is 6.08. The molecule has 1 aromatic heterocycles. The lowest BCUT2D eigenvalue weighted by molar-refractivity contribution is -0.140. The van der Waals surface area contributed by atoms with E-state index in [0.29, 0.717) is 16.5 Å². The normalized spacial score (nSPS) is 11.6. The fraction of sp³-hybridized carbons (Fsp3) is 0.143. The van der Waals surface area contributed by atoms with Gasteiger partial charge >= 0.3 is 5.97 Å². The third-order valence-corrected chi connectivity index (χ3v) is 3.50. The summed E-state index contributed by atoms with van der Waals surface area (Å²) in [5, 5.41) is 0.572. The third kappa shape index (κ3) is 4.16. The Labute approximate surface area is 141 Å². The Morgan fingerprint density at radius 1 is 1.14 bits per heavy atom. The number of carbonyl (C=O) groups excluding carboxylic acids is 1. The smallest absolute Gasteiger partial charge is 0.365 e. The van der Waals surface area contributed by atoms with Gasteiger partial charge in [0.2, 0.25) is 5.88 Å². The first-order valence-corrected chi connectivity index (χ1v) is 7.14. The Kier molecular flexibility index (Phi) is 5.71. The van der Waals surface area contributed by atoms with Crippen LogP contribution in [-0.2, 0) is 9.08 Å². The Morgan fingerprint density at radius 3 is 2.41 bits per heavy atom. The van der Waals surface area contributed by atoms with Crippen molar-refractivity contribution in [2.75, 3.05) is 0 Å². The van der Waals surface area contributed by atoms with Gasteiger partial charge in [-0.1, -0.05) is 23.2 Å². The van der Waals surface area contributed by atoms with Gasteiger partial charge in [0.1, 0.15) is 28.4 Å². The van der Waals surface area contributed by atoms with Crippen LogP contribution in [0.1, 0.15) is 6.92 Å². The molecule has 5 nitrogen and oxygen atoms in total. The van der Waals surface area contributed by atoms with Gasteiger partial charge < -0.3 is 13.8 Å². The highest BCUT2D eigenvalue weighted by Crippen LogP contribution is 2.33. The monoisotopic (exact) mass is 361 g/mol. The lowest BCUT2D eigenvalue weighted by Crippen LogP contribution is -2.23. The lowest BCUT2D eigenvalue weighted by atomic mass is 10.3. The van der Waals surface area contributed by atoms with Gasteiger partial charge in [0.25, 0.3) is 0 Å². The van der Waals surface area contributed by atoms with Crippen LogP contribution in [0.2, 0.25) is 10.0 Å². The number of benzene rings is 1. The third-order valence-electron chi connectivity index (χ3n) is 2.57. The van der Waals surface area contributed by atoms with Crippen molar-refractivity contribution in [1.29, 1.82) is 0 Å². The van der Waals surface area contributed by atoms with E-state index in [4.69, 9.17) is 44.5 Å². The Balaban J connectivity index is 2.06. The van der Waals surface area contributed by atoms with Crippen LogP contribution in [-0.4, -0.2) is 17.1 Å². The van der Waals surface area contributed by atoms with Crippen molar-refractivity contribution >= 4 is 41.0 Å². The molecular formula is C14H10Cl3NO4. The number of nitrogens with zero attached hydrogens (tertiary/aromatic N) is 1. The summed E-state index contributed by atoms with van der Waals surface area (Å²) in [6.45, 7) is 1.52. The minimum atomic E-state index is -0.826. The number of halogens is 3. The van der Waals surface area contributed by atoms with Gasteiger partial charge in [-0.05, 0) is 37.3 Å². The van der Waals surface area contributed by atoms with E-state index in [1.54, 1.807) is 30.3 Å². The maximum atomic E-state index is 11.2. The molecule has 1 heterocycles. The maximum absolute atomic E-state index is 11.2. The number of aromatic nitrogens is 1. The summed E-state index contributed by atoms with van der Waals surface area (Å²) in [7, 11) is 0. The molecule has 0 aliphatic heterocycles. The van der Waals surface area contributed by atoms with E-state index in [1.807, 2.05) is 0 Å². The first kappa shape index (κ1) is 16.7. The maximum Gasteiger partial charge on any atom is 0.365 e. The average molecular weight is 363 g/mol. The summed E-state index contributed by atoms with van der Waals surface area (Å²) in [4.78, 5) is 15.1. The molecule has 0 saturated carbocycles. The zero-order valence-electron chi connectivity index (χ0n) is 11.3. The quantitative estimate of drug-likeness (QED) is 0.775. The van der Waals surface area contributed by atoms with Gasteiger partial charge in [0.15, 0.2) is 6.10 Å². The van der Waals surface area contributed by atoms with Crippen LogP contribution in [0, 0.1) is 0 Å². The van der Waals surface area contributed by atoms with E-state index in [9.17, 15) is 4.79 Å². The van der Waals surface area contributed by atoms with Crippen LogP contribution < -0.4 is 9.47 Å². The van der Waals surface area contributed by atoms with Gasteiger partial charge in [-0.2, -0.15) is 0 Å². The van der Waals surface area contributed by atoms with E-state index in [1.165, 1.54) is 13.1 Å². The van der Waals surface area contributed by atoms with Crippen LogP contribution in [0.15, 0.2) is 36.5 Å². The number of ether oxygens (including phenoxy) is 2. The van der Waals surface area contributed by atoms with Crippen molar-refractivity contribution in [3.8, 4) is 17.4 Å². The van der Waals surface area contributed by atoms with Gasteiger partial charge in [0, 0.05) is 6.20 Å². The summed E-state index contributed by atoms with van der Waals surface area (Å²) in [5.41, 5.74) is 0. The molecule has 1 atom stereocenters. The molecule has 0 bridgehead atoms. The molecule has 0 fully saturated rings. The molecule has 22 heavy (non-hydrogen) atoms. The fourth-order valence-corrected chi connectivity index (χ4v) is 1.90. The van der Waals surface area contributed by atoms with Crippen molar-refractivity contribution in [2.24, 2.45) is 0 Å². The highest BCUT2D eigenvalue weighted by molar-refractivity contribution is 6.42. The number of carbonyl (C=O) groups is 1. The lowest BCUT2D eigenvalue weighted by Gasteiger charge is -2.12. The molecule has 116 valence electrons. The van der Waals surface area contributed by atoms with Crippen molar-refractivity contribution in [3.05, 3.63) is 46.6 Å². The highest BCUT2D eigenvalue weighted by atomic mass is 35.5. The van der Waals surface area contributed by atoms with Gasteiger partial charge in [-0.3, -0.25) is 0 Å². The summed E-state index contributed by atoms with van der Waals surface area (Å²) in [5.74, 6) is 0.447. The van der Waals surface area contributed by atoms with Crippen LogP contribution in [0.4, 0.5) is 0 Å². The van der Waals surface area contributed by atoms with E-state index in [0.717, 1.165) is 0 Å². The van der Waals surface area contributed by atoms with Crippen LogP contribution >= 0.6 is 35.1 Å². The zero-order valence-corrected chi connectivity index (χ0v) is 13.5. The topological polar surface area (TPSA) is 57.7 Å². The second kappa shape index (κ2) is 7.54. The largest absolute Gasteiger partial charge is 0.479 e. The fourth-order valence-electron chi connectivity index (χ4n) is 1.49. The van der Waals surface area contributed by atoms with E-state index in [2.05, 4.69) is 9.27 Å². The minimum absolute atomic E-state index is 0.196. The average Bonchev–Trinajstić information content (AvgIpc) is 2.52. The van der Waals surface area contributed by atoms with Crippen molar-refractivity contribution in [3.63, 3.8) is 0 Å². The first-order chi connectivity index (χ1) is 10.5. The molecule has 8 heteroatoms. The zero-order chi connectivity index (χ0) is 16.1. The van der Waals surface area contributed by atoms with E-state index in [-0.39, 0.29) is 10.9 Å². The summed E-state index contributed by atoms with van der Waals surface area (Å²) >= 11 is 16.8. The second-order valence-corrected chi connectivity index (χ2v) is 5.08. The Morgan fingerprint density at radius 2 is 1.77 bits per heavy atom. The van der Waals surface area contributed by atoms with E-state index < -0.39 is 12.1 Å².